The third-order valence-corrected chi connectivity index (χ3v) is 4.84. The maximum Gasteiger partial charge on any atom is 0.127 e. The Balaban J connectivity index is 1.98. The Kier molecular flexibility index (Phi) is 7.71. The van der Waals surface area contributed by atoms with Crippen molar-refractivity contribution in [3.8, 4) is 23.3 Å². The summed E-state index contributed by atoms with van der Waals surface area (Å²) in [5.74, 6) is 8.39. The molecular formula is C27H27NO2. The van der Waals surface area contributed by atoms with Crippen molar-refractivity contribution < 1.29 is 9.47 Å². The van der Waals surface area contributed by atoms with Crippen molar-refractivity contribution in [2.45, 2.75) is 12.6 Å². The number of methoxy groups -OCH3 is 2. The van der Waals surface area contributed by atoms with Gasteiger partial charge in [0.25, 0.3) is 0 Å². The predicted molar refractivity (Wildman–Crippen MR) is 123 cm³/mol. The van der Waals surface area contributed by atoms with Gasteiger partial charge in [0, 0.05) is 30.3 Å². The molecule has 0 spiro atoms. The van der Waals surface area contributed by atoms with Gasteiger partial charge >= 0.3 is 0 Å². The van der Waals surface area contributed by atoms with Crippen LogP contribution >= 0.6 is 0 Å². The quantitative estimate of drug-likeness (QED) is 0.371. The van der Waals surface area contributed by atoms with E-state index in [-0.39, 0.29) is 6.04 Å². The normalized spacial score (nSPS) is 11.3. The average molecular weight is 398 g/mol. The first-order chi connectivity index (χ1) is 14.7. The smallest absolute Gasteiger partial charge is 0.127 e. The van der Waals surface area contributed by atoms with Crippen LogP contribution in [-0.2, 0) is 6.54 Å². The fourth-order valence-corrected chi connectivity index (χ4v) is 3.32. The van der Waals surface area contributed by atoms with E-state index < -0.39 is 0 Å². The first-order valence-corrected chi connectivity index (χ1v) is 9.92. The lowest BCUT2D eigenvalue weighted by molar-refractivity contribution is 0.250. The van der Waals surface area contributed by atoms with Gasteiger partial charge in [-0.05, 0) is 23.8 Å². The summed E-state index contributed by atoms with van der Waals surface area (Å²) in [7, 11) is 3.34. The monoisotopic (exact) mass is 397 g/mol. The Hall–Kier alpha value is -3.48. The van der Waals surface area contributed by atoms with Gasteiger partial charge in [-0.15, -0.1) is 6.58 Å². The number of hydrogen-bond donors (Lipinski definition) is 0. The van der Waals surface area contributed by atoms with Crippen LogP contribution in [0.2, 0.25) is 0 Å². The predicted octanol–water partition coefficient (Wildman–Crippen LogP) is 5.48. The number of benzene rings is 3. The van der Waals surface area contributed by atoms with E-state index in [1.54, 1.807) is 14.2 Å². The van der Waals surface area contributed by atoms with Gasteiger partial charge in [0.2, 0.25) is 0 Å². The van der Waals surface area contributed by atoms with Gasteiger partial charge in [0.15, 0.2) is 0 Å². The Morgan fingerprint density at radius 1 is 0.933 bits per heavy atom. The zero-order valence-corrected chi connectivity index (χ0v) is 17.5. The fraction of sp³-hybridized carbons (Fsp3) is 0.185. The highest BCUT2D eigenvalue weighted by molar-refractivity contribution is 5.42. The van der Waals surface area contributed by atoms with E-state index >= 15 is 0 Å². The van der Waals surface area contributed by atoms with Crippen molar-refractivity contribution >= 4 is 0 Å². The van der Waals surface area contributed by atoms with Crippen LogP contribution in [0.25, 0.3) is 0 Å². The third kappa shape index (κ3) is 5.53. The molecule has 0 aliphatic carbocycles. The van der Waals surface area contributed by atoms with Gasteiger partial charge in [0.05, 0.1) is 20.3 Å². The molecule has 0 amide bonds. The summed E-state index contributed by atoms with van der Waals surface area (Å²) in [4.78, 5) is 2.29. The maximum atomic E-state index is 5.61. The second kappa shape index (κ2) is 10.9. The van der Waals surface area contributed by atoms with Crippen molar-refractivity contribution in [1.29, 1.82) is 0 Å². The van der Waals surface area contributed by atoms with Crippen LogP contribution in [0.5, 0.6) is 11.5 Å². The Labute approximate surface area is 179 Å². The Morgan fingerprint density at radius 2 is 1.63 bits per heavy atom. The summed E-state index contributed by atoms with van der Waals surface area (Å²) in [6, 6.07) is 26.2. The van der Waals surface area contributed by atoms with Crippen LogP contribution in [0, 0.1) is 11.8 Å². The molecule has 3 aromatic carbocycles. The van der Waals surface area contributed by atoms with Crippen LogP contribution in [0.4, 0.5) is 0 Å². The van der Waals surface area contributed by atoms with Crippen molar-refractivity contribution in [2.75, 3.05) is 20.8 Å². The van der Waals surface area contributed by atoms with Gasteiger partial charge in [-0.3, -0.25) is 4.90 Å². The molecule has 1 unspecified atom stereocenters. The first kappa shape index (κ1) is 21.2. The summed E-state index contributed by atoms with van der Waals surface area (Å²) in [6.45, 7) is 5.33. The SMILES string of the molecule is C=CCN(Cc1ccc(OC)cc1OC)C(C#Cc1ccccc1)c1ccccc1. The summed E-state index contributed by atoms with van der Waals surface area (Å²) < 4.78 is 10.9. The molecule has 0 aliphatic heterocycles. The Morgan fingerprint density at radius 3 is 2.27 bits per heavy atom. The molecule has 1 atom stereocenters. The molecule has 3 rings (SSSR count). The molecule has 3 heteroatoms. The molecule has 152 valence electrons. The highest BCUT2D eigenvalue weighted by Crippen LogP contribution is 2.29. The molecule has 0 heterocycles. The second-order valence-electron chi connectivity index (χ2n) is 6.84. The number of ether oxygens (including phenoxy) is 2. The van der Waals surface area contributed by atoms with Gasteiger partial charge in [-0.2, -0.15) is 0 Å². The molecule has 0 aromatic heterocycles. The first-order valence-electron chi connectivity index (χ1n) is 9.92. The number of rotatable bonds is 8. The van der Waals surface area contributed by atoms with Crippen LogP contribution in [-0.4, -0.2) is 25.7 Å². The highest BCUT2D eigenvalue weighted by atomic mass is 16.5. The molecule has 0 radical (unpaired) electrons. The van der Waals surface area contributed by atoms with E-state index in [0.29, 0.717) is 13.1 Å². The second-order valence-corrected chi connectivity index (χ2v) is 6.84. The molecule has 0 fully saturated rings. The van der Waals surface area contributed by atoms with Gasteiger partial charge in [-0.25, -0.2) is 0 Å². The largest absolute Gasteiger partial charge is 0.497 e. The van der Waals surface area contributed by atoms with Gasteiger partial charge in [-0.1, -0.05) is 72.5 Å². The van der Waals surface area contributed by atoms with E-state index in [1.807, 2.05) is 72.8 Å². The number of hydrogen-bond acceptors (Lipinski definition) is 3. The molecule has 3 aromatic rings. The lowest BCUT2D eigenvalue weighted by Crippen LogP contribution is -2.28. The minimum Gasteiger partial charge on any atom is -0.497 e. The minimum absolute atomic E-state index is 0.0868. The topological polar surface area (TPSA) is 21.7 Å². The summed E-state index contributed by atoms with van der Waals surface area (Å²) in [6.07, 6.45) is 1.91. The molecule has 0 aliphatic rings. The van der Waals surface area contributed by atoms with Crippen molar-refractivity contribution in [1.82, 2.24) is 4.90 Å². The fourth-order valence-electron chi connectivity index (χ4n) is 3.32. The summed E-state index contributed by atoms with van der Waals surface area (Å²) in [5.41, 5.74) is 3.22. The molecule has 0 N–H and O–H groups in total. The van der Waals surface area contributed by atoms with E-state index in [4.69, 9.17) is 9.47 Å². The molecular weight excluding hydrogens is 370 g/mol. The van der Waals surface area contributed by atoms with E-state index in [2.05, 4.69) is 35.5 Å². The maximum absolute atomic E-state index is 5.61. The number of nitrogens with zero attached hydrogens (tertiary/aromatic N) is 1. The van der Waals surface area contributed by atoms with Gasteiger partial charge in [0.1, 0.15) is 11.5 Å². The summed E-state index contributed by atoms with van der Waals surface area (Å²) >= 11 is 0. The van der Waals surface area contributed by atoms with E-state index in [0.717, 1.165) is 28.2 Å². The van der Waals surface area contributed by atoms with E-state index in [1.165, 1.54) is 0 Å². The van der Waals surface area contributed by atoms with Crippen molar-refractivity contribution in [3.63, 3.8) is 0 Å². The van der Waals surface area contributed by atoms with Crippen LogP contribution in [0.1, 0.15) is 22.7 Å². The molecule has 30 heavy (non-hydrogen) atoms. The highest BCUT2D eigenvalue weighted by Gasteiger charge is 2.19. The molecule has 0 bridgehead atoms. The minimum atomic E-state index is -0.0868. The zero-order chi connectivity index (χ0) is 21.2. The molecule has 0 saturated heterocycles. The van der Waals surface area contributed by atoms with E-state index in [9.17, 15) is 0 Å². The lowest BCUT2D eigenvalue weighted by atomic mass is 10.0. The standard InChI is InChI=1S/C27H27NO2/c1-4-19-28(21-24-16-17-25(29-2)20-27(24)30-3)26(23-13-9-6-10-14-23)18-15-22-11-7-5-8-12-22/h4-14,16-17,20,26H,1,19,21H2,2-3H3. The third-order valence-electron chi connectivity index (χ3n) is 4.84. The zero-order valence-electron chi connectivity index (χ0n) is 17.5. The van der Waals surface area contributed by atoms with Crippen LogP contribution in [0.3, 0.4) is 0 Å². The average Bonchev–Trinajstić information content (AvgIpc) is 2.81. The van der Waals surface area contributed by atoms with Crippen molar-refractivity contribution in [2.24, 2.45) is 0 Å². The molecule has 0 saturated carbocycles. The van der Waals surface area contributed by atoms with Crippen LogP contribution in [0.15, 0.2) is 91.5 Å². The summed E-state index contributed by atoms with van der Waals surface area (Å²) in [5, 5.41) is 0. The molecule has 3 nitrogen and oxygen atoms in total. The Bertz CT molecular complexity index is 1000. The van der Waals surface area contributed by atoms with Gasteiger partial charge < -0.3 is 9.47 Å². The lowest BCUT2D eigenvalue weighted by Gasteiger charge is -2.28. The van der Waals surface area contributed by atoms with Crippen molar-refractivity contribution in [3.05, 3.63) is 108 Å². The van der Waals surface area contributed by atoms with Crippen LogP contribution < -0.4 is 9.47 Å².